The molecule has 3 aromatic rings. The van der Waals surface area contributed by atoms with Gasteiger partial charge in [0.25, 0.3) is 0 Å². The highest BCUT2D eigenvalue weighted by Gasteiger charge is 2.12. The third-order valence-electron chi connectivity index (χ3n) is 3.70. The Morgan fingerprint density at radius 2 is 1.61 bits per heavy atom. The van der Waals surface area contributed by atoms with Crippen LogP contribution in [0.25, 0.3) is 16.5 Å². The van der Waals surface area contributed by atoms with Crippen LogP contribution in [0, 0.1) is 6.92 Å². The zero-order valence-electron chi connectivity index (χ0n) is 13.5. The minimum atomic E-state index is 0.717. The zero-order valence-corrected chi connectivity index (χ0v) is 13.5. The molecule has 4 heteroatoms. The van der Waals surface area contributed by atoms with Crippen molar-refractivity contribution in [3.05, 3.63) is 66.1 Å². The van der Waals surface area contributed by atoms with Crippen LogP contribution in [0.4, 0.5) is 0 Å². The molecule has 0 saturated heterocycles. The fraction of sp³-hybridized carbons (Fsp3) is 0.158. The molecule has 0 saturated carbocycles. The van der Waals surface area contributed by atoms with Crippen molar-refractivity contribution in [2.75, 3.05) is 14.2 Å². The molecule has 4 nitrogen and oxygen atoms in total. The molecule has 0 spiro atoms. The number of ether oxygens (including phenoxy) is 2. The highest BCUT2D eigenvalue weighted by Crippen LogP contribution is 2.31. The van der Waals surface area contributed by atoms with Gasteiger partial charge in [0.2, 0.25) is 0 Å². The number of rotatable bonds is 4. The van der Waals surface area contributed by atoms with Crippen molar-refractivity contribution in [2.45, 2.75) is 6.92 Å². The molecule has 0 unspecified atom stereocenters. The third kappa shape index (κ3) is 2.88. The van der Waals surface area contributed by atoms with Crippen LogP contribution in [0.5, 0.6) is 11.5 Å². The van der Waals surface area contributed by atoms with Gasteiger partial charge in [-0.3, -0.25) is 0 Å². The summed E-state index contributed by atoms with van der Waals surface area (Å²) >= 11 is 0. The number of methoxy groups -OCH3 is 2. The fourth-order valence-corrected chi connectivity index (χ4v) is 2.54. The molecular weight excluding hydrogens is 288 g/mol. The number of aryl methyl sites for hydroxylation is 1. The lowest BCUT2D eigenvalue weighted by Gasteiger charge is -2.12. The van der Waals surface area contributed by atoms with Gasteiger partial charge in [-0.1, -0.05) is 24.8 Å². The van der Waals surface area contributed by atoms with E-state index in [2.05, 4.69) is 16.5 Å². The Balaban J connectivity index is 2.18. The molecule has 0 amide bonds. The van der Waals surface area contributed by atoms with Crippen molar-refractivity contribution < 1.29 is 9.47 Å². The lowest BCUT2D eigenvalue weighted by molar-refractivity contribution is 0.394. The largest absolute Gasteiger partial charge is 0.497 e. The molecule has 23 heavy (non-hydrogen) atoms. The van der Waals surface area contributed by atoms with E-state index in [9.17, 15) is 0 Å². The number of hydrogen-bond acceptors (Lipinski definition) is 4. The Bertz CT molecular complexity index is 865. The van der Waals surface area contributed by atoms with Gasteiger partial charge in [-0.2, -0.15) is 0 Å². The summed E-state index contributed by atoms with van der Waals surface area (Å²) in [5.74, 6) is 2.15. The van der Waals surface area contributed by atoms with Crippen LogP contribution in [-0.4, -0.2) is 24.2 Å². The average molecular weight is 306 g/mol. The molecular formula is C19H18N2O2. The molecule has 0 aliphatic rings. The Labute approximate surface area is 135 Å². The van der Waals surface area contributed by atoms with Crippen LogP contribution in [0.3, 0.4) is 0 Å². The van der Waals surface area contributed by atoms with Crippen LogP contribution in [0.1, 0.15) is 17.1 Å². The summed E-state index contributed by atoms with van der Waals surface area (Å²) in [6, 6.07) is 13.6. The van der Waals surface area contributed by atoms with Gasteiger partial charge >= 0.3 is 0 Å². The SMILES string of the molecule is C=C(c1cc(OC)cc(OC)c1)c1nc(C)nc2ccccc12. The third-order valence-corrected chi connectivity index (χ3v) is 3.70. The Kier molecular flexibility index (Phi) is 3.98. The second-order valence-corrected chi connectivity index (χ2v) is 5.22. The molecule has 0 bridgehead atoms. The average Bonchev–Trinajstić information content (AvgIpc) is 2.59. The second kappa shape index (κ2) is 6.08. The van der Waals surface area contributed by atoms with Crippen LogP contribution < -0.4 is 9.47 Å². The van der Waals surface area contributed by atoms with Crippen LogP contribution in [0.2, 0.25) is 0 Å². The first-order valence-corrected chi connectivity index (χ1v) is 7.28. The van der Waals surface area contributed by atoms with Gasteiger partial charge in [-0.25, -0.2) is 9.97 Å². The van der Waals surface area contributed by atoms with E-state index in [4.69, 9.17) is 9.47 Å². The predicted molar refractivity (Wildman–Crippen MR) is 92.0 cm³/mol. The van der Waals surface area contributed by atoms with Crippen molar-refractivity contribution in [1.82, 2.24) is 9.97 Å². The molecule has 0 N–H and O–H groups in total. The van der Waals surface area contributed by atoms with Crippen molar-refractivity contribution in [2.24, 2.45) is 0 Å². The van der Waals surface area contributed by atoms with E-state index < -0.39 is 0 Å². The van der Waals surface area contributed by atoms with Crippen molar-refractivity contribution >= 4 is 16.5 Å². The normalized spacial score (nSPS) is 10.6. The number of aromatic nitrogens is 2. The van der Waals surface area contributed by atoms with E-state index in [1.165, 1.54) is 0 Å². The number of para-hydroxylation sites is 1. The summed E-state index contributed by atoms with van der Waals surface area (Å²) < 4.78 is 10.7. The molecule has 2 aromatic carbocycles. The van der Waals surface area contributed by atoms with Gasteiger partial charge < -0.3 is 9.47 Å². The topological polar surface area (TPSA) is 44.2 Å². The van der Waals surface area contributed by atoms with Gasteiger partial charge in [0.15, 0.2) is 0 Å². The summed E-state index contributed by atoms with van der Waals surface area (Å²) in [4.78, 5) is 9.07. The van der Waals surface area contributed by atoms with E-state index >= 15 is 0 Å². The quantitative estimate of drug-likeness (QED) is 0.730. The predicted octanol–water partition coefficient (Wildman–Crippen LogP) is 4.02. The molecule has 0 aliphatic heterocycles. The van der Waals surface area contributed by atoms with Crippen molar-refractivity contribution in [3.63, 3.8) is 0 Å². The maximum Gasteiger partial charge on any atom is 0.126 e. The summed E-state index contributed by atoms with van der Waals surface area (Å²) in [5.41, 5.74) is 3.45. The molecule has 0 atom stereocenters. The van der Waals surface area contributed by atoms with E-state index in [1.54, 1.807) is 14.2 Å². The molecule has 3 rings (SSSR count). The van der Waals surface area contributed by atoms with Gasteiger partial charge in [0, 0.05) is 17.0 Å². The summed E-state index contributed by atoms with van der Waals surface area (Å²) in [5, 5.41) is 0.977. The van der Waals surface area contributed by atoms with Crippen LogP contribution >= 0.6 is 0 Å². The molecule has 1 aromatic heterocycles. The monoisotopic (exact) mass is 306 g/mol. The standard InChI is InChI=1S/C19H18N2O2/c1-12(14-9-15(22-3)11-16(10-14)23-4)19-17-7-5-6-8-18(17)20-13(2)21-19/h5-11H,1H2,2-4H3. The van der Waals surface area contributed by atoms with Crippen molar-refractivity contribution in [3.8, 4) is 11.5 Å². The highest BCUT2D eigenvalue weighted by molar-refractivity contribution is 5.93. The smallest absolute Gasteiger partial charge is 0.126 e. The minimum absolute atomic E-state index is 0.717. The first-order valence-electron chi connectivity index (χ1n) is 7.28. The van der Waals surface area contributed by atoms with Gasteiger partial charge in [-0.05, 0) is 30.7 Å². The van der Waals surface area contributed by atoms with Crippen molar-refractivity contribution in [1.29, 1.82) is 0 Å². The first-order chi connectivity index (χ1) is 11.1. The van der Waals surface area contributed by atoms with Gasteiger partial charge in [-0.15, -0.1) is 0 Å². The van der Waals surface area contributed by atoms with E-state index in [0.29, 0.717) is 0 Å². The lowest BCUT2D eigenvalue weighted by atomic mass is 10.00. The lowest BCUT2D eigenvalue weighted by Crippen LogP contribution is -1.99. The number of hydrogen-bond donors (Lipinski definition) is 0. The van der Waals surface area contributed by atoms with E-state index in [1.807, 2.05) is 49.4 Å². The zero-order chi connectivity index (χ0) is 16.4. The van der Waals surface area contributed by atoms with Gasteiger partial charge in [0.05, 0.1) is 25.4 Å². The first kappa shape index (κ1) is 15.0. The number of nitrogens with zero attached hydrogens (tertiary/aromatic N) is 2. The van der Waals surface area contributed by atoms with E-state index in [0.717, 1.165) is 45.1 Å². The van der Waals surface area contributed by atoms with Crippen LogP contribution in [-0.2, 0) is 0 Å². The Morgan fingerprint density at radius 1 is 0.957 bits per heavy atom. The molecule has 116 valence electrons. The second-order valence-electron chi connectivity index (χ2n) is 5.22. The van der Waals surface area contributed by atoms with E-state index in [-0.39, 0.29) is 0 Å². The Hall–Kier alpha value is -2.88. The molecule has 1 heterocycles. The number of fused-ring (bicyclic) bond motifs is 1. The van der Waals surface area contributed by atoms with Crippen LogP contribution in [0.15, 0.2) is 49.0 Å². The maximum absolute atomic E-state index is 5.34. The van der Waals surface area contributed by atoms with Gasteiger partial charge in [0.1, 0.15) is 17.3 Å². The maximum atomic E-state index is 5.34. The minimum Gasteiger partial charge on any atom is -0.497 e. The molecule has 0 aliphatic carbocycles. The fourth-order valence-electron chi connectivity index (χ4n) is 2.54. The highest BCUT2D eigenvalue weighted by atomic mass is 16.5. The number of benzene rings is 2. The molecule has 0 fully saturated rings. The Morgan fingerprint density at radius 3 is 2.26 bits per heavy atom. The molecule has 0 radical (unpaired) electrons. The summed E-state index contributed by atoms with van der Waals surface area (Å²) in [7, 11) is 3.26. The summed E-state index contributed by atoms with van der Waals surface area (Å²) in [6.07, 6.45) is 0. The summed E-state index contributed by atoms with van der Waals surface area (Å²) in [6.45, 7) is 6.12.